The van der Waals surface area contributed by atoms with Crippen molar-refractivity contribution in [2.75, 3.05) is 0 Å². The van der Waals surface area contributed by atoms with Crippen molar-refractivity contribution in [3.8, 4) is 0 Å². The lowest BCUT2D eigenvalue weighted by atomic mass is 10.2. The van der Waals surface area contributed by atoms with E-state index in [-0.39, 0.29) is 6.04 Å². The Hall–Kier alpha value is -1.21. The largest absolute Gasteiger partial charge is 0.331 e. The summed E-state index contributed by atoms with van der Waals surface area (Å²) >= 11 is 5.17. The van der Waals surface area contributed by atoms with E-state index in [0.29, 0.717) is 0 Å². The van der Waals surface area contributed by atoms with Crippen LogP contribution < -0.4 is 11.3 Å². The number of para-hydroxylation sites is 2. The number of nitrogens with one attached hydrogen (secondary N) is 1. The summed E-state index contributed by atoms with van der Waals surface area (Å²) in [4.78, 5) is 5.89. The fraction of sp³-hybridized carbons (Fsp3) is 0.214. The zero-order valence-corrected chi connectivity index (χ0v) is 13.4. The van der Waals surface area contributed by atoms with Crippen LogP contribution in [0.3, 0.4) is 0 Å². The van der Waals surface area contributed by atoms with Crippen LogP contribution in [0, 0.1) is 0 Å². The summed E-state index contributed by atoms with van der Waals surface area (Å²) in [5.74, 6) is 6.74. The van der Waals surface area contributed by atoms with Crippen molar-refractivity contribution in [1.82, 2.24) is 15.0 Å². The van der Waals surface area contributed by atoms with E-state index in [1.165, 1.54) is 4.88 Å². The Balaban J connectivity index is 1.93. The van der Waals surface area contributed by atoms with Crippen LogP contribution in [0.4, 0.5) is 0 Å². The van der Waals surface area contributed by atoms with Crippen LogP contribution in [0.15, 0.2) is 40.2 Å². The van der Waals surface area contributed by atoms with Crippen molar-refractivity contribution in [3.63, 3.8) is 0 Å². The summed E-state index contributed by atoms with van der Waals surface area (Å²) in [5, 5.41) is 2.06. The molecule has 0 fully saturated rings. The van der Waals surface area contributed by atoms with Gasteiger partial charge in [-0.3, -0.25) is 11.3 Å². The fourth-order valence-electron chi connectivity index (χ4n) is 2.31. The molecule has 6 heteroatoms. The Morgan fingerprint density at radius 2 is 2.25 bits per heavy atom. The maximum Gasteiger partial charge on any atom is 0.111 e. The molecule has 0 aliphatic rings. The maximum atomic E-state index is 5.71. The number of nitrogens with two attached hydrogens (primary N) is 1. The summed E-state index contributed by atoms with van der Waals surface area (Å²) < 4.78 is 3.21. The summed E-state index contributed by atoms with van der Waals surface area (Å²) in [7, 11) is 2.04. The van der Waals surface area contributed by atoms with Gasteiger partial charge in [-0.05, 0) is 34.1 Å². The van der Waals surface area contributed by atoms with Gasteiger partial charge in [0.25, 0.3) is 0 Å². The van der Waals surface area contributed by atoms with Gasteiger partial charge in [-0.1, -0.05) is 12.1 Å². The molecule has 0 aliphatic carbocycles. The molecule has 0 radical (unpaired) electrons. The number of nitrogens with zero attached hydrogens (tertiary/aromatic N) is 2. The van der Waals surface area contributed by atoms with Gasteiger partial charge in [-0.15, -0.1) is 11.3 Å². The van der Waals surface area contributed by atoms with E-state index >= 15 is 0 Å². The highest BCUT2D eigenvalue weighted by Gasteiger charge is 2.16. The second-order valence-corrected chi connectivity index (χ2v) is 6.52. The molecule has 0 spiro atoms. The van der Waals surface area contributed by atoms with Crippen molar-refractivity contribution in [3.05, 3.63) is 50.9 Å². The molecule has 3 rings (SSSR count). The van der Waals surface area contributed by atoms with E-state index in [9.17, 15) is 0 Å². The molecule has 1 atom stereocenters. The zero-order chi connectivity index (χ0) is 14.1. The molecule has 0 amide bonds. The van der Waals surface area contributed by atoms with E-state index in [2.05, 4.69) is 43.4 Å². The quantitative estimate of drug-likeness (QED) is 0.561. The Kier molecular flexibility index (Phi) is 3.89. The maximum absolute atomic E-state index is 5.71. The molecule has 0 saturated carbocycles. The number of hydrazine groups is 1. The van der Waals surface area contributed by atoms with Gasteiger partial charge in [0.15, 0.2) is 0 Å². The van der Waals surface area contributed by atoms with Crippen LogP contribution in [-0.4, -0.2) is 9.55 Å². The third kappa shape index (κ3) is 2.52. The van der Waals surface area contributed by atoms with Crippen LogP contribution in [-0.2, 0) is 13.5 Å². The van der Waals surface area contributed by atoms with Crippen molar-refractivity contribution in [2.24, 2.45) is 12.9 Å². The number of hydrogen-bond acceptors (Lipinski definition) is 4. The molecule has 3 aromatic rings. The first-order valence-corrected chi connectivity index (χ1v) is 7.96. The van der Waals surface area contributed by atoms with E-state index in [4.69, 9.17) is 10.8 Å². The predicted molar refractivity (Wildman–Crippen MR) is 86.5 cm³/mol. The van der Waals surface area contributed by atoms with E-state index in [0.717, 1.165) is 27.8 Å². The molecule has 3 N–H and O–H groups in total. The topological polar surface area (TPSA) is 55.9 Å². The van der Waals surface area contributed by atoms with Gasteiger partial charge in [0, 0.05) is 28.2 Å². The summed E-state index contributed by atoms with van der Waals surface area (Å²) in [6.45, 7) is 0. The zero-order valence-electron chi connectivity index (χ0n) is 11.0. The molecule has 0 bridgehead atoms. The summed E-state index contributed by atoms with van der Waals surface area (Å²) in [5.41, 5.74) is 5.05. The molecule has 2 heterocycles. The Morgan fingerprint density at radius 3 is 2.90 bits per heavy atom. The van der Waals surface area contributed by atoms with Gasteiger partial charge in [-0.25, -0.2) is 4.98 Å². The second-order valence-electron chi connectivity index (χ2n) is 4.67. The lowest BCUT2D eigenvalue weighted by Gasteiger charge is -2.13. The Labute approximate surface area is 129 Å². The van der Waals surface area contributed by atoms with Crippen LogP contribution in [0.2, 0.25) is 0 Å². The minimum Gasteiger partial charge on any atom is -0.331 e. The third-order valence-corrected chi connectivity index (χ3v) is 5.21. The smallest absolute Gasteiger partial charge is 0.111 e. The van der Waals surface area contributed by atoms with Crippen molar-refractivity contribution in [2.45, 2.75) is 12.5 Å². The molecule has 4 nitrogen and oxygen atoms in total. The highest BCUT2D eigenvalue weighted by molar-refractivity contribution is 9.10. The number of rotatable bonds is 4. The van der Waals surface area contributed by atoms with Crippen molar-refractivity contribution in [1.29, 1.82) is 0 Å². The second kappa shape index (κ2) is 5.65. The lowest BCUT2D eigenvalue weighted by Crippen LogP contribution is -2.29. The van der Waals surface area contributed by atoms with Crippen molar-refractivity contribution < 1.29 is 0 Å². The van der Waals surface area contributed by atoms with Gasteiger partial charge in [0.05, 0.1) is 17.1 Å². The Bertz CT molecular complexity index is 734. The highest BCUT2D eigenvalue weighted by Crippen LogP contribution is 2.28. The van der Waals surface area contributed by atoms with E-state index in [1.807, 2.05) is 25.2 Å². The number of hydrogen-bond donors (Lipinski definition) is 2. The molecule has 0 aliphatic heterocycles. The summed E-state index contributed by atoms with van der Waals surface area (Å²) in [6, 6.07) is 10.3. The van der Waals surface area contributed by atoms with Crippen LogP contribution in [0.25, 0.3) is 11.0 Å². The molecule has 1 aromatic carbocycles. The van der Waals surface area contributed by atoms with Gasteiger partial charge in [-0.2, -0.15) is 0 Å². The molecular weight excluding hydrogens is 336 g/mol. The minimum atomic E-state index is 0.0711. The van der Waals surface area contributed by atoms with Crippen LogP contribution >= 0.6 is 27.3 Å². The molecule has 20 heavy (non-hydrogen) atoms. The normalized spacial score (nSPS) is 12.9. The number of halogens is 1. The minimum absolute atomic E-state index is 0.0711. The summed E-state index contributed by atoms with van der Waals surface area (Å²) in [6.07, 6.45) is 0.759. The lowest BCUT2D eigenvalue weighted by molar-refractivity contribution is 0.539. The molecule has 1 unspecified atom stereocenters. The third-order valence-electron chi connectivity index (χ3n) is 3.40. The Morgan fingerprint density at radius 1 is 1.45 bits per heavy atom. The highest BCUT2D eigenvalue weighted by atomic mass is 79.9. The van der Waals surface area contributed by atoms with Crippen molar-refractivity contribution >= 4 is 38.3 Å². The van der Waals surface area contributed by atoms with Crippen LogP contribution in [0.1, 0.15) is 16.7 Å². The average Bonchev–Trinajstić information content (AvgIpc) is 3.01. The monoisotopic (exact) mass is 350 g/mol. The standard InChI is InChI=1S/C14H15BrN4S/c1-19-12-5-3-2-4-10(12)17-14(19)7-11(18-16)13-6-9(15)8-20-13/h2-6,8,11,18H,7,16H2,1H3. The SMILES string of the molecule is Cn1c(CC(NN)c2cc(Br)cs2)nc2ccccc21. The average molecular weight is 351 g/mol. The fourth-order valence-corrected chi connectivity index (χ4v) is 3.82. The molecular formula is C14H15BrN4S. The molecule has 0 saturated heterocycles. The van der Waals surface area contributed by atoms with Gasteiger partial charge >= 0.3 is 0 Å². The first-order valence-electron chi connectivity index (χ1n) is 6.29. The number of aryl methyl sites for hydroxylation is 1. The number of benzene rings is 1. The van der Waals surface area contributed by atoms with E-state index < -0.39 is 0 Å². The number of thiophene rings is 1. The molecule has 104 valence electrons. The number of aromatic nitrogens is 2. The van der Waals surface area contributed by atoms with Gasteiger partial charge < -0.3 is 4.57 Å². The van der Waals surface area contributed by atoms with Gasteiger partial charge in [0.2, 0.25) is 0 Å². The predicted octanol–water partition coefficient (Wildman–Crippen LogP) is 3.14. The van der Waals surface area contributed by atoms with E-state index in [1.54, 1.807) is 11.3 Å². The number of fused-ring (bicyclic) bond motifs is 1. The van der Waals surface area contributed by atoms with Gasteiger partial charge in [0.1, 0.15) is 5.82 Å². The van der Waals surface area contributed by atoms with Crippen LogP contribution in [0.5, 0.6) is 0 Å². The molecule has 2 aromatic heterocycles. The first kappa shape index (κ1) is 13.8. The number of imidazole rings is 1. The first-order chi connectivity index (χ1) is 9.69.